The third-order valence-corrected chi connectivity index (χ3v) is 3.42. The van der Waals surface area contributed by atoms with Crippen molar-refractivity contribution < 1.29 is 4.79 Å². The van der Waals surface area contributed by atoms with Crippen molar-refractivity contribution in [1.82, 2.24) is 5.32 Å². The van der Waals surface area contributed by atoms with Crippen molar-refractivity contribution in [2.45, 2.75) is 33.1 Å². The van der Waals surface area contributed by atoms with Crippen LogP contribution in [0, 0.1) is 6.92 Å². The number of hydrogen-bond donors (Lipinski definition) is 1. The average molecular weight is 246 g/mol. The Morgan fingerprint density at radius 1 is 1.44 bits per heavy atom. The highest BCUT2D eigenvalue weighted by molar-refractivity contribution is 5.96. The number of carbonyl (C=O) groups excluding carboxylic acids is 1. The Labute approximate surface area is 109 Å². The van der Waals surface area contributed by atoms with E-state index in [2.05, 4.69) is 37.4 Å². The predicted molar refractivity (Wildman–Crippen MR) is 75.0 cm³/mol. The lowest BCUT2D eigenvalue weighted by molar-refractivity contribution is -0.117. The zero-order chi connectivity index (χ0) is 13.0. The normalized spacial score (nSPS) is 14.4. The van der Waals surface area contributed by atoms with Gasteiger partial charge < -0.3 is 10.2 Å². The van der Waals surface area contributed by atoms with Gasteiger partial charge in [-0.05, 0) is 43.9 Å². The minimum atomic E-state index is 0.193. The van der Waals surface area contributed by atoms with Crippen LogP contribution in [0.4, 0.5) is 5.69 Å². The van der Waals surface area contributed by atoms with E-state index in [4.69, 9.17) is 0 Å². The number of nitrogens with one attached hydrogen (secondary N) is 1. The second-order valence-corrected chi connectivity index (χ2v) is 4.91. The molecule has 1 aliphatic rings. The number of rotatable bonds is 4. The van der Waals surface area contributed by atoms with Crippen LogP contribution < -0.4 is 10.2 Å². The van der Waals surface area contributed by atoms with Gasteiger partial charge in [-0.25, -0.2) is 0 Å². The molecule has 1 N–H and O–H groups in total. The maximum atomic E-state index is 12.3. The lowest BCUT2D eigenvalue weighted by Crippen LogP contribution is -2.41. The standard InChI is InChI=1S/C15H22N2O/c1-3-9-16-11-14(18)17-10-5-8-13-7-4-6-12(2)15(13)17/h4,6-7,16H,3,5,8-11H2,1-2H3. The van der Waals surface area contributed by atoms with Crippen LogP contribution in [-0.4, -0.2) is 25.5 Å². The molecule has 0 saturated heterocycles. The van der Waals surface area contributed by atoms with E-state index in [1.165, 1.54) is 11.1 Å². The van der Waals surface area contributed by atoms with Gasteiger partial charge in [0.25, 0.3) is 0 Å². The first-order chi connectivity index (χ1) is 8.74. The highest BCUT2D eigenvalue weighted by Crippen LogP contribution is 2.30. The summed E-state index contributed by atoms with van der Waals surface area (Å²) in [5, 5.41) is 3.19. The fourth-order valence-electron chi connectivity index (χ4n) is 2.56. The Bertz CT molecular complexity index is 429. The van der Waals surface area contributed by atoms with Gasteiger partial charge in [0, 0.05) is 12.2 Å². The summed E-state index contributed by atoms with van der Waals surface area (Å²) in [6, 6.07) is 6.31. The maximum absolute atomic E-state index is 12.3. The monoisotopic (exact) mass is 246 g/mol. The van der Waals surface area contributed by atoms with Gasteiger partial charge in [0.05, 0.1) is 6.54 Å². The van der Waals surface area contributed by atoms with Gasteiger partial charge in [0.1, 0.15) is 0 Å². The summed E-state index contributed by atoms with van der Waals surface area (Å²) in [5.41, 5.74) is 3.66. The smallest absolute Gasteiger partial charge is 0.240 e. The number of anilines is 1. The van der Waals surface area contributed by atoms with E-state index < -0.39 is 0 Å². The van der Waals surface area contributed by atoms with Gasteiger partial charge in [-0.1, -0.05) is 25.1 Å². The van der Waals surface area contributed by atoms with E-state index in [0.29, 0.717) is 6.54 Å². The highest BCUT2D eigenvalue weighted by Gasteiger charge is 2.23. The molecular formula is C15H22N2O. The molecule has 1 heterocycles. The summed E-state index contributed by atoms with van der Waals surface area (Å²) in [4.78, 5) is 14.2. The van der Waals surface area contributed by atoms with Crippen LogP contribution >= 0.6 is 0 Å². The summed E-state index contributed by atoms with van der Waals surface area (Å²) in [6.07, 6.45) is 3.21. The van der Waals surface area contributed by atoms with Gasteiger partial charge in [-0.15, -0.1) is 0 Å². The number of benzene rings is 1. The molecule has 0 aromatic heterocycles. The molecule has 0 radical (unpaired) electrons. The molecule has 0 atom stereocenters. The minimum Gasteiger partial charge on any atom is -0.311 e. The SMILES string of the molecule is CCCNCC(=O)N1CCCc2cccc(C)c21. The van der Waals surface area contributed by atoms with E-state index in [0.717, 1.165) is 38.0 Å². The molecule has 0 fully saturated rings. The second kappa shape index (κ2) is 6.01. The topological polar surface area (TPSA) is 32.3 Å². The number of para-hydroxylation sites is 1. The number of aryl methyl sites for hydroxylation is 2. The molecule has 1 aromatic carbocycles. The Morgan fingerprint density at radius 2 is 2.28 bits per heavy atom. The van der Waals surface area contributed by atoms with Crippen molar-refractivity contribution in [2.75, 3.05) is 24.5 Å². The quantitative estimate of drug-likeness (QED) is 0.827. The Balaban J connectivity index is 2.14. The number of fused-ring (bicyclic) bond motifs is 1. The van der Waals surface area contributed by atoms with E-state index in [-0.39, 0.29) is 5.91 Å². The zero-order valence-corrected chi connectivity index (χ0v) is 11.3. The van der Waals surface area contributed by atoms with Crippen molar-refractivity contribution in [3.8, 4) is 0 Å². The Kier molecular flexibility index (Phi) is 4.37. The largest absolute Gasteiger partial charge is 0.311 e. The van der Waals surface area contributed by atoms with Gasteiger partial charge in [-0.3, -0.25) is 4.79 Å². The summed E-state index contributed by atoms with van der Waals surface area (Å²) in [7, 11) is 0. The minimum absolute atomic E-state index is 0.193. The number of carbonyl (C=O) groups is 1. The predicted octanol–water partition coefficient (Wildman–Crippen LogP) is 2.27. The highest BCUT2D eigenvalue weighted by atomic mass is 16.2. The fourth-order valence-corrected chi connectivity index (χ4v) is 2.56. The first-order valence-corrected chi connectivity index (χ1v) is 6.83. The first kappa shape index (κ1) is 13.1. The van der Waals surface area contributed by atoms with E-state index in [9.17, 15) is 4.79 Å². The number of nitrogens with zero attached hydrogens (tertiary/aromatic N) is 1. The Morgan fingerprint density at radius 3 is 3.06 bits per heavy atom. The van der Waals surface area contributed by atoms with Crippen LogP contribution in [-0.2, 0) is 11.2 Å². The zero-order valence-electron chi connectivity index (χ0n) is 11.3. The molecule has 0 aliphatic carbocycles. The third-order valence-electron chi connectivity index (χ3n) is 3.42. The third kappa shape index (κ3) is 2.72. The van der Waals surface area contributed by atoms with Gasteiger partial charge in [-0.2, -0.15) is 0 Å². The van der Waals surface area contributed by atoms with E-state index in [1.807, 2.05) is 4.90 Å². The molecule has 0 unspecified atom stereocenters. The van der Waals surface area contributed by atoms with Crippen LogP contribution in [0.2, 0.25) is 0 Å². The molecular weight excluding hydrogens is 224 g/mol. The van der Waals surface area contributed by atoms with Gasteiger partial charge in [0.2, 0.25) is 5.91 Å². The van der Waals surface area contributed by atoms with Crippen molar-refractivity contribution in [1.29, 1.82) is 0 Å². The summed E-state index contributed by atoms with van der Waals surface area (Å²) >= 11 is 0. The van der Waals surface area contributed by atoms with Crippen LogP contribution in [0.1, 0.15) is 30.9 Å². The molecule has 1 amide bonds. The van der Waals surface area contributed by atoms with Crippen LogP contribution in [0.25, 0.3) is 0 Å². The lowest BCUT2D eigenvalue weighted by atomic mass is 9.98. The number of hydrogen-bond acceptors (Lipinski definition) is 2. The second-order valence-electron chi connectivity index (χ2n) is 4.91. The molecule has 1 aliphatic heterocycles. The van der Waals surface area contributed by atoms with E-state index in [1.54, 1.807) is 0 Å². The number of amides is 1. The fraction of sp³-hybridized carbons (Fsp3) is 0.533. The first-order valence-electron chi connectivity index (χ1n) is 6.83. The average Bonchev–Trinajstić information content (AvgIpc) is 2.38. The molecule has 18 heavy (non-hydrogen) atoms. The van der Waals surface area contributed by atoms with Crippen LogP contribution in [0.15, 0.2) is 18.2 Å². The van der Waals surface area contributed by atoms with Crippen molar-refractivity contribution >= 4 is 11.6 Å². The van der Waals surface area contributed by atoms with Crippen LogP contribution in [0.3, 0.4) is 0 Å². The van der Waals surface area contributed by atoms with Crippen molar-refractivity contribution in [3.05, 3.63) is 29.3 Å². The molecule has 98 valence electrons. The lowest BCUT2D eigenvalue weighted by Gasteiger charge is -2.31. The molecule has 1 aromatic rings. The molecule has 2 rings (SSSR count). The van der Waals surface area contributed by atoms with Crippen LogP contribution in [0.5, 0.6) is 0 Å². The molecule has 0 spiro atoms. The van der Waals surface area contributed by atoms with Crippen molar-refractivity contribution in [2.24, 2.45) is 0 Å². The summed E-state index contributed by atoms with van der Waals surface area (Å²) < 4.78 is 0. The molecule has 3 nitrogen and oxygen atoms in total. The van der Waals surface area contributed by atoms with Gasteiger partial charge in [0.15, 0.2) is 0 Å². The molecule has 3 heteroatoms. The van der Waals surface area contributed by atoms with Gasteiger partial charge >= 0.3 is 0 Å². The summed E-state index contributed by atoms with van der Waals surface area (Å²) in [5.74, 6) is 0.193. The van der Waals surface area contributed by atoms with E-state index >= 15 is 0 Å². The Hall–Kier alpha value is -1.35. The molecule has 0 bridgehead atoms. The molecule has 0 saturated carbocycles. The maximum Gasteiger partial charge on any atom is 0.240 e. The summed E-state index contributed by atoms with van der Waals surface area (Å²) in [6.45, 7) is 6.40. The van der Waals surface area contributed by atoms with Crippen molar-refractivity contribution in [3.63, 3.8) is 0 Å².